The smallest absolute Gasteiger partial charge is 0.222 e. The summed E-state index contributed by atoms with van der Waals surface area (Å²) in [4.78, 5) is 12.2. The number of aliphatic hydroxyl groups is 1. The van der Waals surface area contributed by atoms with Crippen molar-refractivity contribution in [3.63, 3.8) is 0 Å². The molecule has 0 aliphatic heterocycles. The molecule has 0 saturated carbocycles. The fraction of sp³-hybridized carbons (Fsp3) is 0.438. The first kappa shape index (κ1) is 17.0. The molecule has 7 nitrogen and oxygen atoms in total. The third-order valence-electron chi connectivity index (χ3n) is 3.36. The van der Waals surface area contributed by atoms with Crippen molar-refractivity contribution in [3.8, 4) is 5.75 Å². The van der Waals surface area contributed by atoms with E-state index in [1.807, 2.05) is 12.1 Å². The zero-order valence-corrected chi connectivity index (χ0v) is 13.3. The van der Waals surface area contributed by atoms with E-state index in [1.165, 1.54) is 6.20 Å². The Hall–Kier alpha value is -2.41. The second-order valence-electron chi connectivity index (χ2n) is 5.26. The van der Waals surface area contributed by atoms with Gasteiger partial charge in [-0.25, -0.2) is 4.98 Å². The van der Waals surface area contributed by atoms with Gasteiger partial charge >= 0.3 is 0 Å². The normalized spacial score (nSPS) is 11.9. The van der Waals surface area contributed by atoms with Crippen LogP contribution in [0.15, 0.2) is 30.7 Å². The molecule has 0 spiro atoms. The van der Waals surface area contributed by atoms with Crippen molar-refractivity contribution in [2.45, 2.75) is 38.8 Å². The van der Waals surface area contributed by atoms with Crippen molar-refractivity contribution >= 4 is 11.8 Å². The van der Waals surface area contributed by atoms with Crippen LogP contribution in [0.5, 0.6) is 5.75 Å². The average Bonchev–Trinajstić information content (AvgIpc) is 2.58. The average molecular weight is 317 g/mol. The molecule has 2 aromatic heterocycles. The zero-order valence-electron chi connectivity index (χ0n) is 13.3. The molecule has 0 aliphatic carbocycles. The SMILES string of the molecule is CCCC[C@@H](CO)Nc1nc(N)ncc1OCc1cccnc1. The van der Waals surface area contributed by atoms with Crippen molar-refractivity contribution in [1.82, 2.24) is 15.0 Å². The molecule has 0 aromatic carbocycles. The number of hydrogen-bond donors (Lipinski definition) is 3. The van der Waals surface area contributed by atoms with Crippen molar-refractivity contribution in [3.05, 3.63) is 36.3 Å². The van der Waals surface area contributed by atoms with Crippen LogP contribution in [0.1, 0.15) is 31.7 Å². The molecule has 0 unspecified atom stereocenters. The molecule has 2 heterocycles. The number of pyridine rings is 1. The Kier molecular flexibility index (Phi) is 6.56. The third kappa shape index (κ3) is 5.37. The summed E-state index contributed by atoms with van der Waals surface area (Å²) in [6.07, 6.45) is 7.92. The van der Waals surface area contributed by atoms with Gasteiger partial charge in [-0.05, 0) is 12.5 Å². The number of nitrogens with zero attached hydrogens (tertiary/aromatic N) is 3. The highest BCUT2D eigenvalue weighted by molar-refractivity contribution is 5.51. The Morgan fingerprint density at radius 2 is 2.26 bits per heavy atom. The van der Waals surface area contributed by atoms with E-state index >= 15 is 0 Å². The number of hydrogen-bond acceptors (Lipinski definition) is 7. The Morgan fingerprint density at radius 3 is 2.96 bits per heavy atom. The summed E-state index contributed by atoms with van der Waals surface area (Å²) in [6, 6.07) is 3.69. The minimum absolute atomic E-state index is 0.0198. The van der Waals surface area contributed by atoms with Crippen LogP contribution in [0.3, 0.4) is 0 Å². The summed E-state index contributed by atoms with van der Waals surface area (Å²) in [5.41, 5.74) is 6.61. The van der Waals surface area contributed by atoms with Gasteiger partial charge in [-0.1, -0.05) is 25.8 Å². The quantitative estimate of drug-likeness (QED) is 0.649. The highest BCUT2D eigenvalue weighted by Gasteiger charge is 2.13. The minimum Gasteiger partial charge on any atom is -0.483 e. The Bertz CT molecular complexity index is 594. The summed E-state index contributed by atoms with van der Waals surface area (Å²) < 4.78 is 5.76. The summed E-state index contributed by atoms with van der Waals surface area (Å²) in [6.45, 7) is 2.49. The van der Waals surface area contributed by atoms with Crippen LogP contribution in [0.4, 0.5) is 11.8 Å². The topological polar surface area (TPSA) is 106 Å². The van der Waals surface area contributed by atoms with E-state index in [4.69, 9.17) is 10.5 Å². The number of anilines is 2. The van der Waals surface area contributed by atoms with E-state index in [2.05, 4.69) is 27.2 Å². The summed E-state index contributed by atoms with van der Waals surface area (Å²) in [7, 11) is 0. The molecule has 1 atom stereocenters. The number of unbranched alkanes of at least 4 members (excludes halogenated alkanes) is 1. The van der Waals surface area contributed by atoms with Gasteiger partial charge in [0.25, 0.3) is 0 Å². The van der Waals surface area contributed by atoms with Gasteiger partial charge in [-0.15, -0.1) is 0 Å². The number of ether oxygens (including phenoxy) is 1. The van der Waals surface area contributed by atoms with Crippen molar-refractivity contribution < 1.29 is 9.84 Å². The van der Waals surface area contributed by atoms with Crippen LogP contribution in [0.2, 0.25) is 0 Å². The van der Waals surface area contributed by atoms with Gasteiger partial charge in [0.15, 0.2) is 11.6 Å². The first-order valence-corrected chi connectivity index (χ1v) is 7.74. The highest BCUT2D eigenvalue weighted by atomic mass is 16.5. The van der Waals surface area contributed by atoms with Crippen LogP contribution in [0.25, 0.3) is 0 Å². The number of nitrogens with one attached hydrogen (secondary N) is 1. The number of nitrogens with two attached hydrogens (primary N) is 1. The molecule has 0 saturated heterocycles. The maximum Gasteiger partial charge on any atom is 0.222 e. The van der Waals surface area contributed by atoms with Gasteiger partial charge in [0.2, 0.25) is 5.95 Å². The van der Waals surface area contributed by atoms with Gasteiger partial charge in [-0.3, -0.25) is 4.98 Å². The molecular weight excluding hydrogens is 294 g/mol. The standard InChI is InChI=1S/C16H23N5O2/c1-2-3-6-13(10-22)20-15-14(9-19-16(17)21-15)23-11-12-5-4-7-18-8-12/h4-5,7-9,13,22H,2-3,6,10-11H2,1H3,(H3,17,19,20,21)/t13-/m0/s1. The molecule has 0 bridgehead atoms. The summed E-state index contributed by atoms with van der Waals surface area (Å²) in [5, 5.41) is 12.7. The molecular formula is C16H23N5O2. The first-order chi connectivity index (χ1) is 11.2. The molecule has 0 aliphatic rings. The van der Waals surface area contributed by atoms with E-state index in [1.54, 1.807) is 12.4 Å². The maximum absolute atomic E-state index is 9.50. The second-order valence-corrected chi connectivity index (χ2v) is 5.26. The van der Waals surface area contributed by atoms with Gasteiger partial charge in [0, 0.05) is 18.0 Å². The van der Waals surface area contributed by atoms with Crippen LogP contribution in [0, 0.1) is 0 Å². The van der Waals surface area contributed by atoms with Crippen molar-refractivity contribution in [1.29, 1.82) is 0 Å². The zero-order chi connectivity index (χ0) is 16.5. The van der Waals surface area contributed by atoms with Crippen LogP contribution >= 0.6 is 0 Å². The van der Waals surface area contributed by atoms with Crippen LogP contribution < -0.4 is 15.8 Å². The lowest BCUT2D eigenvalue weighted by Crippen LogP contribution is -2.25. The van der Waals surface area contributed by atoms with E-state index in [0.29, 0.717) is 18.2 Å². The van der Waals surface area contributed by atoms with Gasteiger partial charge in [0.05, 0.1) is 18.8 Å². The predicted molar refractivity (Wildman–Crippen MR) is 89.0 cm³/mol. The Morgan fingerprint density at radius 1 is 1.39 bits per heavy atom. The van der Waals surface area contributed by atoms with E-state index in [0.717, 1.165) is 24.8 Å². The fourth-order valence-electron chi connectivity index (χ4n) is 2.09. The van der Waals surface area contributed by atoms with Crippen molar-refractivity contribution in [2.75, 3.05) is 17.7 Å². The number of aliphatic hydroxyl groups excluding tert-OH is 1. The van der Waals surface area contributed by atoms with Gasteiger partial charge in [-0.2, -0.15) is 4.98 Å². The predicted octanol–water partition coefficient (Wildman–Crippen LogP) is 2.00. The molecule has 0 amide bonds. The van der Waals surface area contributed by atoms with Gasteiger partial charge < -0.3 is 20.9 Å². The van der Waals surface area contributed by atoms with E-state index in [-0.39, 0.29) is 18.6 Å². The molecule has 2 aromatic rings. The highest BCUT2D eigenvalue weighted by Crippen LogP contribution is 2.24. The van der Waals surface area contributed by atoms with Crippen molar-refractivity contribution in [2.24, 2.45) is 0 Å². The van der Waals surface area contributed by atoms with E-state index in [9.17, 15) is 5.11 Å². The lowest BCUT2D eigenvalue weighted by atomic mass is 10.1. The monoisotopic (exact) mass is 317 g/mol. The van der Waals surface area contributed by atoms with Crippen LogP contribution in [-0.4, -0.2) is 32.7 Å². The largest absolute Gasteiger partial charge is 0.483 e. The Labute approximate surface area is 135 Å². The molecule has 23 heavy (non-hydrogen) atoms. The molecule has 4 N–H and O–H groups in total. The second kappa shape index (κ2) is 8.89. The maximum atomic E-state index is 9.50. The van der Waals surface area contributed by atoms with Crippen LogP contribution in [-0.2, 0) is 6.61 Å². The molecule has 7 heteroatoms. The molecule has 2 rings (SSSR count). The first-order valence-electron chi connectivity index (χ1n) is 7.74. The summed E-state index contributed by atoms with van der Waals surface area (Å²) in [5.74, 6) is 1.16. The third-order valence-corrected chi connectivity index (χ3v) is 3.36. The summed E-state index contributed by atoms with van der Waals surface area (Å²) >= 11 is 0. The number of rotatable bonds is 9. The number of aromatic nitrogens is 3. The molecule has 124 valence electrons. The van der Waals surface area contributed by atoms with Gasteiger partial charge in [0.1, 0.15) is 6.61 Å². The molecule has 0 radical (unpaired) electrons. The Balaban J connectivity index is 2.07. The minimum atomic E-state index is -0.0926. The molecule has 0 fully saturated rings. The van der Waals surface area contributed by atoms with E-state index < -0.39 is 0 Å². The lowest BCUT2D eigenvalue weighted by molar-refractivity contribution is 0.265. The fourth-order valence-corrected chi connectivity index (χ4v) is 2.09. The number of nitrogen functional groups attached to an aromatic ring is 1. The lowest BCUT2D eigenvalue weighted by Gasteiger charge is -2.19.